The van der Waals surface area contributed by atoms with Crippen LogP contribution in [0, 0.1) is 6.92 Å². The van der Waals surface area contributed by atoms with Gasteiger partial charge in [0.1, 0.15) is 5.82 Å². The van der Waals surface area contributed by atoms with Crippen molar-refractivity contribution in [2.75, 3.05) is 31.1 Å². The number of nitrogens with zero attached hydrogens (tertiary/aromatic N) is 3. The van der Waals surface area contributed by atoms with Gasteiger partial charge in [-0.05, 0) is 41.4 Å². The average molecular weight is 327 g/mol. The smallest absolute Gasteiger partial charge is 0.234 e. The molecular formula is C13H19BrN4O. The molecule has 0 spiro atoms. The Hall–Kier alpha value is -1.14. The third kappa shape index (κ3) is 3.25. The van der Waals surface area contributed by atoms with Crippen molar-refractivity contribution in [1.82, 2.24) is 9.88 Å². The Balaban J connectivity index is 1.99. The van der Waals surface area contributed by atoms with Crippen molar-refractivity contribution in [3.8, 4) is 0 Å². The summed E-state index contributed by atoms with van der Waals surface area (Å²) in [4.78, 5) is 20.0. The minimum atomic E-state index is -0.258. The number of halogens is 1. The maximum absolute atomic E-state index is 11.2. The summed E-state index contributed by atoms with van der Waals surface area (Å²) in [7, 11) is 0. The highest BCUT2D eigenvalue weighted by molar-refractivity contribution is 9.10. The second-order valence-electron chi connectivity index (χ2n) is 4.89. The summed E-state index contributed by atoms with van der Waals surface area (Å²) in [5.74, 6) is 0.734. The van der Waals surface area contributed by atoms with Gasteiger partial charge in [0.2, 0.25) is 5.91 Å². The zero-order valence-electron chi connectivity index (χ0n) is 11.3. The Bertz CT molecular complexity index is 472. The van der Waals surface area contributed by atoms with E-state index in [0.29, 0.717) is 0 Å². The summed E-state index contributed by atoms with van der Waals surface area (Å²) < 4.78 is 1.03. The van der Waals surface area contributed by atoms with Gasteiger partial charge in [-0.3, -0.25) is 9.69 Å². The highest BCUT2D eigenvalue weighted by atomic mass is 79.9. The number of amides is 1. The molecule has 2 rings (SSSR count). The molecule has 1 aromatic heterocycles. The lowest BCUT2D eigenvalue weighted by Crippen LogP contribution is -2.53. The second kappa shape index (κ2) is 5.88. The lowest BCUT2D eigenvalue weighted by atomic mass is 10.2. The molecule has 0 saturated carbocycles. The van der Waals surface area contributed by atoms with Gasteiger partial charge in [-0.15, -0.1) is 0 Å². The van der Waals surface area contributed by atoms with Gasteiger partial charge in [0.15, 0.2) is 0 Å². The van der Waals surface area contributed by atoms with Crippen molar-refractivity contribution in [2.45, 2.75) is 19.9 Å². The van der Waals surface area contributed by atoms with Crippen LogP contribution in [0.5, 0.6) is 0 Å². The first-order valence-corrected chi connectivity index (χ1v) is 7.19. The van der Waals surface area contributed by atoms with Crippen molar-refractivity contribution in [2.24, 2.45) is 5.73 Å². The maximum atomic E-state index is 11.2. The summed E-state index contributed by atoms with van der Waals surface area (Å²) in [6.07, 6.45) is 1.84. The van der Waals surface area contributed by atoms with E-state index >= 15 is 0 Å². The summed E-state index contributed by atoms with van der Waals surface area (Å²) in [6.45, 7) is 7.32. The molecule has 1 aliphatic rings. The van der Waals surface area contributed by atoms with Crippen LogP contribution in [0.4, 0.5) is 5.82 Å². The molecule has 1 aromatic rings. The number of piperazine rings is 1. The van der Waals surface area contributed by atoms with E-state index in [1.807, 2.05) is 13.1 Å². The molecule has 104 valence electrons. The number of hydrogen-bond donors (Lipinski definition) is 1. The Morgan fingerprint density at radius 3 is 2.58 bits per heavy atom. The van der Waals surface area contributed by atoms with Gasteiger partial charge in [-0.25, -0.2) is 4.98 Å². The standard InChI is InChI=1S/C13H19BrN4O/c1-9-7-12(16-8-11(9)14)18-5-3-17(4-6-18)10(2)13(15)19/h7-8,10H,3-6H2,1-2H3,(H2,15,19)/t10-/m1/s1. The summed E-state index contributed by atoms with van der Waals surface area (Å²) in [5.41, 5.74) is 6.52. The molecule has 2 N–H and O–H groups in total. The highest BCUT2D eigenvalue weighted by Gasteiger charge is 2.24. The number of aromatic nitrogens is 1. The minimum Gasteiger partial charge on any atom is -0.368 e. The quantitative estimate of drug-likeness (QED) is 0.905. The van der Waals surface area contributed by atoms with Gasteiger partial charge >= 0.3 is 0 Å². The number of aryl methyl sites for hydroxylation is 1. The fourth-order valence-electron chi connectivity index (χ4n) is 2.22. The molecule has 0 bridgehead atoms. The molecule has 0 radical (unpaired) electrons. The van der Waals surface area contributed by atoms with Gasteiger partial charge in [0.25, 0.3) is 0 Å². The van der Waals surface area contributed by atoms with Crippen LogP contribution in [0.25, 0.3) is 0 Å². The summed E-state index contributed by atoms with van der Waals surface area (Å²) >= 11 is 3.46. The van der Waals surface area contributed by atoms with Crippen molar-refractivity contribution in [3.05, 3.63) is 22.3 Å². The lowest BCUT2D eigenvalue weighted by molar-refractivity contribution is -0.122. The molecule has 1 fully saturated rings. The van der Waals surface area contributed by atoms with Gasteiger partial charge in [-0.2, -0.15) is 0 Å². The largest absolute Gasteiger partial charge is 0.368 e. The number of primary amides is 1. The molecule has 0 unspecified atom stereocenters. The number of pyridine rings is 1. The zero-order valence-corrected chi connectivity index (χ0v) is 12.9. The van der Waals surface area contributed by atoms with Crippen LogP contribution in [-0.2, 0) is 4.79 Å². The highest BCUT2D eigenvalue weighted by Crippen LogP contribution is 2.21. The van der Waals surface area contributed by atoms with Crippen LogP contribution in [0.3, 0.4) is 0 Å². The zero-order chi connectivity index (χ0) is 14.0. The average Bonchev–Trinajstić information content (AvgIpc) is 2.41. The minimum absolute atomic E-state index is 0.193. The monoisotopic (exact) mass is 326 g/mol. The number of anilines is 1. The van der Waals surface area contributed by atoms with E-state index in [9.17, 15) is 4.79 Å². The maximum Gasteiger partial charge on any atom is 0.234 e. The fraction of sp³-hybridized carbons (Fsp3) is 0.538. The number of hydrogen-bond acceptors (Lipinski definition) is 4. The molecule has 2 heterocycles. The van der Waals surface area contributed by atoms with E-state index in [0.717, 1.165) is 36.5 Å². The molecule has 19 heavy (non-hydrogen) atoms. The Morgan fingerprint density at radius 1 is 1.42 bits per heavy atom. The molecule has 5 nitrogen and oxygen atoms in total. The van der Waals surface area contributed by atoms with E-state index in [-0.39, 0.29) is 11.9 Å². The van der Waals surface area contributed by atoms with Crippen molar-refractivity contribution in [3.63, 3.8) is 0 Å². The topological polar surface area (TPSA) is 62.5 Å². The van der Waals surface area contributed by atoms with Gasteiger partial charge in [0, 0.05) is 36.8 Å². The molecular weight excluding hydrogens is 308 g/mol. The van der Waals surface area contributed by atoms with Crippen LogP contribution in [0.1, 0.15) is 12.5 Å². The lowest BCUT2D eigenvalue weighted by Gasteiger charge is -2.37. The predicted molar refractivity (Wildman–Crippen MR) is 79.1 cm³/mol. The third-order valence-corrected chi connectivity index (χ3v) is 4.46. The summed E-state index contributed by atoms with van der Waals surface area (Å²) in [5, 5.41) is 0. The van der Waals surface area contributed by atoms with E-state index in [2.05, 4.69) is 43.7 Å². The number of nitrogens with two attached hydrogens (primary N) is 1. The van der Waals surface area contributed by atoms with Crippen molar-refractivity contribution < 1.29 is 4.79 Å². The Labute approximate surface area is 121 Å². The molecule has 0 aromatic carbocycles. The first-order chi connectivity index (χ1) is 8.99. The van der Waals surface area contributed by atoms with Crippen LogP contribution >= 0.6 is 15.9 Å². The Morgan fingerprint density at radius 2 is 2.05 bits per heavy atom. The first kappa shape index (κ1) is 14.3. The number of carbonyl (C=O) groups excluding carboxylic acids is 1. The molecule has 1 saturated heterocycles. The summed E-state index contributed by atoms with van der Waals surface area (Å²) in [6, 6.07) is 1.89. The Kier molecular flexibility index (Phi) is 4.42. The van der Waals surface area contributed by atoms with Crippen LogP contribution in [0.15, 0.2) is 16.7 Å². The third-order valence-electron chi connectivity index (χ3n) is 3.63. The second-order valence-corrected chi connectivity index (χ2v) is 5.75. The predicted octanol–water partition coefficient (Wildman–Crippen LogP) is 1.15. The van der Waals surface area contributed by atoms with Gasteiger partial charge in [-0.1, -0.05) is 0 Å². The fourth-order valence-corrected chi connectivity index (χ4v) is 2.43. The molecule has 6 heteroatoms. The van der Waals surface area contributed by atoms with Crippen molar-refractivity contribution >= 4 is 27.7 Å². The van der Waals surface area contributed by atoms with Gasteiger partial charge in [0.05, 0.1) is 6.04 Å². The number of carbonyl (C=O) groups is 1. The van der Waals surface area contributed by atoms with E-state index < -0.39 is 0 Å². The van der Waals surface area contributed by atoms with Crippen LogP contribution in [-0.4, -0.2) is 48.0 Å². The molecule has 1 aliphatic heterocycles. The van der Waals surface area contributed by atoms with Crippen LogP contribution in [0.2, 0.25) is 0 Å². The SMILES string of the molecule is Cc1cc(N2CCN([C@H](C)C(N)=O)CC2)ncc1Br. The van der Waals surface area contributed by atoms with E-state index in [1.54, 1.807) is 0 Å². The van der Waals surface area contributed by atoms with Crippen molar-refractivity contribution in [1.29, 1.82) is 0 Å². The van der Waals surface area contributed by atoms with Crippen LogP contribution < -0.4 is 10.6 Å². The normalized spacial score (nSPS) is 18.4. The van der Waals surface area contributed by atoms with E-state index in [4.69, 9.17) is 5.73 Å². The first-order valence-electron chi connectivity index (χ1n) is 6.39. The van der Waals surface area contributed by atoms with Gasteiger partial charge < -0.3 is 10.6 Å². The molecule has 1 atom stereocenters. The molecule has 1 amide bonds. The van der Waals surface area contributed by atoms with E-state index in [1.165, 1.54) is 5.56 Å². The number of rotatable bonds is 3. The molecule has 0 aliphatic carbocycles.